The lowest BCUT2D eigenvalue weighted by molar-refractivity contribution is 0.521. The minimum absolute atomic E-state index is 0.514. The lowest BCUT2D eigenvalue weighted by Gasteiger charge is -2.33. The Morgan fingerprint density at radius 2 is 2.00 bits per heavy atom. The number of hydrogen-bond donors (Lipinski definition) is 1. The van der Waals surface area contributed by atoms with Crippen LogP contribution >= 0.6 is 0 Å². The molecule has 2 nitrogen and oxygen atoms in total. The molecule has 1 N–H and O–H groups in total. The van der Waals surface area contributed by atoms with E-state index >= 15 is 0 Å². The van der Waals surface area contributed by atoms with Crippen molar-refractivity contribution in [2.45, 2.75) is 51.6 Å². The Balaban J connectivity index is 2.38. The van der Waals surface area contributed by atoms with E-state index in [2.05, 4.69) is 55.4 Å². The van der Waals surface area contributed by atoms with Gasteiger partial charge in [-0.05, 0) is 44.4 Å². The average molecular weight is 246 g/mol. The number of nitrogens with zero attached hydrogens (tertiary/aromatic N) is 1. The maximum Gasteiger partial charge on any atom is 0.0417 e. The first-order valence-electron chi connectivity index (χ1n) is 7.34. The minimum atomic E-state index is 0.514. The van der Waals surface area contributed by atoms with Gasteiger partial charge in [-0.15, -0.1) is 0 Å². The third-order valence-electron chi connectivity index (χ3n) is 4.25. The van der Waals surface area contributed by atoms with Gasteiger partial charge in [0.05, 0.1) is 0 Å². The first kappa shape index (κ1) is 13.4. The van der Waals surface area contributed by atoms with Crippen molar-refractivity contribution in [3.63, 3.8) is 0 Å². The molecule has 0 aromatic heterocycles. The Labute approximate surface area is 111 Å². The van der Waals surface area contributed by atoms with E-state index in [0.29, 0.717) is 12.1 Å². The molecule has 0 saturated carbocycles. The molecule has 2 rings (SSSR count). The summed E-state index contributed by atoms with van der Waals surface area (Å²) >= 11 is 0. The summed E-state index contributed by atoms with van der Waals surface area (Å²) in [4.78, 5) is 2.63. The molecular formula is C16H26N2. The van der Waals surface area contributed by atoms with Crippen LogP contribution in [-0.2, 0) is 0 Å². The van der Waals surface area contributed by atoms with Gasteiger partial charge in [0, 0.05) is 24.3 Å². The molecule has 1 aliphatic rings. The molecule has 1 aliphatic heterocycles. The van der Waals surface area contributed by atoms with Crippen molar-refractivity contribution in [3.05, 3.63) is 29.8 Å². The highest BCUT2D eigenvalue weighted by atomic mass is 15.2. The maximum absolute atomic E-state index is 3.47. The van der Waals surface area contributed by atoms with E-state index < -0.39 is 0 Å². The van der Waals surface area contributed by atoms with E-state index in [1.165, 1.54) is 43.5 Å². The van der Waals surface area contributed by atoms with Crippen LogP contribution in [0.5, 0.6) is 0 Å². The summed E-state index contributed by atoms with van der Waals surface area (Å²) in [6, 6.07) is 10.1. The molecule has 1 aromatic carbocycles. The molecular weight excluding hydrogens is 220 g/mol. The molecule has 1 unspecified atom stereocenters. The molecule has 1 atom stereocenters. The SMILES string of the molecule is CCC(CC)N1CCCC(NC)c2ccccc21. The smallest absolute Gasteiger partial charge is 0.0417 e. The predicted molar refractivity (Wildman–Crippen MR) is 79.2 cm³/mol. The number of nitrogens with one attached hydrogen (secondary N) is 1. The van der Waals surface area contributed by atoms with Crippen LogP contribution in [0.2, 0.25) is 0 Å². The molecule has 0 saturated heterocycles. The Morgan fingerprint density at radius 1 is 1.28 bits per heavy atom. The van der Waals surface area contributed by atoms with Gasteiger partial charge in [0.25, 0.3) is 0 Å². The zero-order chi connectivity index (χ0) is 13.0. The largest absolute Gasteiger partial charge is 0.368 e. The highest BCUT2D eigenvalue weighted by Crippen LogP contribution is 2.34. The molecule has 0 bridgehead atoms. The van der Waals surface area contributed by atoms with E-state index in [1.807, 2.05) is 0 Å². The minimum Gasteiger partial charge on any atom is -0.368 e. The van der Waals surface area contributed by atoms with Crippen molar-refractivity contribution in [1.29, 1.82) is 0 Å². The van der Waals surface area contributed by atoms with Gasteiger partial charge in [-0.1, -0.05) is 32.0 Å². The Bertz CT molecular complexity index is 371. The Kier molecular flexibility index (Phi) is 4.65. The lowest BCUT2D eigenvalue weighted by atomic mass is 10.0. The van der Waals surface area contributed by atoms with Gasteiger partial charge in [0.1, 0.15) is 0 Å². The van der Waals surface area contributed by atoms with Crippen LogP contribution < -0.4 is 10.2 Å². The zero-order valence-electron chi connectivity index (χ0n) is 11.9. The van der Waals surface area contributed by atoms with Crippen LogP contribution in [0.15, 0.2) is 24.3 Å². The van der Waals surface area contributed by atoms with Gasteiger partial charge in [-0.3, -0.25) is 0 Å². The fourth-order valence-corrected chi connectivity index (χ4v) is 3.19. The van der Waals surface area contributed by atoms with Crippen molar-refractivity contribution in [2.75, 3.05) is 18.5 Å². The summed E-state index contributed by atoms with van der Waals surface area (Å²) in [7, 11) is 2.08. The third kappa shape index (κ3) is 2.54. The topological polar surface area (TPSA) is 15.3 Å². The van der Waals surface area contributed by atoms with Crippen LogP contribution in [0, 0.1) is 0 Å². The van der Waals surface area contributed by atoms with Gasteiger partial charge in [0.2, 0.25) is 0 Å². The molecule has 2 heteroatoms. The zero-order valence-corrected chi connectivity index (χ0v) is 11.9. The summed E-state index contributed by atoms with van der Waals surface area (Å²) in [5.74, 6) is 0. The van der Waals surface area contributed by atoms with Crippen LogP contribution in [0.4, 0.5) is 5.69 Å². The number of para-hydroxylation sites is 1. The van der Waals surface area contributed by atoms with E-state index in [1.54, 1.807) is 0 Å². The second-order valence-electron chi connectivity index (χ2n) is 5.21. The summed E-state index contributed by atoms with van der Waals surface area (Å²) < 4.78 is 0. The number of hydrogen-bond acceptors (Lipinski definition) is 2. The Morgan fingerprint density at radius 3 is 2.67 bits per heavy atom. The van der Waals surface area contributed by atoms with E-state index in [9.17, 15) is 0 Å². The van der Waals surface area contributed by atoms with Gasteiger partial charge in [-0.2, -0.15) is 0 Å². The van der Waals surface area contributed by atoms with Gasteiger partial charge >= 0.3 is 0 Å². The Hall–Kier alpha value is -1.02. The normalized spacial score (nSPS) is 19.8. The van der Waals surface area contributed by atoms with Gasteiger partial charge in [0.15, 0.2) is 0 Å². The molecule has 0 radical (unpaired) electrons. The van der Waals surface area contributed by atoms with Gasteiger partial charge < -0.3 is 10.2 Å². The van der Waals surface area contributed by atoms with Gasteiger partial charge in [-0.25, -0.2) is 0 Å². The highest BCUT2D eigenvalue weighted by Gasteiger charge is 2.24. The summed E-state index contributed by atoms with van der Waals surface area (Å²) in [5.41, 5.74) is 2.92. The number of anilines is 1. The number of fused-ring (bicyclic) bond motifs is 1. The number of benzene rings is 1. The van der Waals surface area contributed by atoms with E-state index in [4.69, 9.17) is 0 Å². The molecule has 0 spiro atoms. The fraction of sp³-hybridized carbons (Fsp3) is 0.625. The second kappa shape index (κ2) is 6.24. The van der Waals surface area contributed by atoms with Crippen molar-refractivity contribution in [2.24, 2.45) is 0 Å². The molecule has 0 fully saturated rings. The molecule has 1 aromatic rings. The molecule has 1 heterocycles. The molecule has 0 amide bonds. The summed E-state index contributed by atoms with van der Waals surface area (Å²) in [5, 5.41) is 3.47. The quantitative estimate of drug-likeness (QED) is 0.870. The average Bonchev–Trinajstić information content (AvgIpc) is 2.60. The lowest BCUT2D eigenvalue weighted by Crippen LogP contribution is -2.35. The van der Waals surface area contributed by atoms with Crippen LogP contribution in [-0.4, -0.2) is 19.6 Å². The summed E-state index contributed by atoms with van der Waals surface area (Å²) in [6.07, 6.45) is 4.98. The number of rotatable bonds is 4. The highest BCUT2D eigenvalue weighted by molar-refractivity contribution is 5.56. The standard InChI is InChI=1S/C16H26N2/c1-4-13(5-2)18-12-8-10-15(17-3)14-9-6-7-11-16(14)18/h6-7,9,11,13,15,17H,4-5,8,10,12H2,1-3H3. The van der Waals surface area contributed by atoms with Crippen LogP contribution in [0.25, 0.3) is 0 Å². The van der Waals surface area contributed by atoms with Crippen molar-refractivity contribution >= 4 is 5.69 Å². The molecule has 18 heavy (non-hydrogen) atoms. The predicted octanol–water partition coefficient (Wildman–Crippen LogP) is 3.74. The van der Waals surface area contributed by atoms with Crippen molar-refractivity contribution in [3.8, 4) is 0 Å². The first-order valence-corrected chi connectivity index (χ1v) is 7.34. The molecule has 0 aliphatic carbocycles. The fourth-order valence-electron chi connectivity index (χ4n) is 3.19. The maximum atomic E-state index is 3.47. The first-order chi connectivity index (χ1) is 8.81. The third-order valence-corrected chi connectivity index (χ3v) is 4.25. The second-order valence-corrected chi connectivity index (χ2v) is 5.21. The molecule has 100 valence electrons. The monoisotopic (exact) mass is 246 g/mol. The van der Waals surface area contributed by atoms with Crippen molar-refractivity contribution in [1.82, 2.24) is 5.32 Å². The summed E-state index contributed by atoms with van der Waals surface area (Å²) in [6.45, 7) is 5.80. The van der Waals surface area contributed by atoms with Crippen LogP contribution in [0.3, 0.4) is 0 Å². The van der Waals surface area contributed by atoms with Crippen LogP contribution in [0.1, 0.15) is 51.1 Å². The van der Waals surface area contributed by atoms with E-state index in [0.717, 1.165) is 0 Å². The van der Waals surface area contributed by atoms with E-state index in [-0.39, 0.29) is 0 Å². The van der Waals surface area contributed by atoms with Crippen molar-refractivity contribution < 1.29 is 0 Å².